The molecule has 0 radical (unpaired) electrons. The van der Waals surface area contributed by atoms with Crippen LogP contribution in [0.25, 0.3) is 0 Å². The standard InChI is InChI=1S/C23H37NO6/c1-5-28-12-13-29-19-6-11-30-23(16-19)7-9-24(10-8-23)17-18-14-21(26-3)22(27-4)15-20(18)25-2/h14-15,19H,5-13,16-17H2,1-4H3. The van der Waals surface area contributed by atoms with Crippen LogP contribution in [0, 0.1) is 0 Å². The van der Waals surface area contributed by atoms with Crippen molar-refractivity contribution in [2.24, 2.45) is 0 Å². The third kappa shape index (κ3) is 5.78. The van der Waals surface area contributed by atoms with E-state index in [1.165, 1.54) is 0 Å². The molecule has 2 aliphatic heterocycles. The van der Waals surface area contributed by atoms with E-state index in [4.69, 9.17) is 28.4 Å². The summed E-state index contributed by atoms with van der Waals surface area (Å²) < 4.78 is 34.2. The fourth-order valence-corrected chi connectivity index (χ4v) is 4.47. The molecule has 0 N–H and O–H groups in total. The SMILES string of the molecule is CCOCCOC1CCOC2(CCN(Cc3cc(OC)c(OC)cc3OC)CC2)C1. The Balaban J connectivity index is 1.55. The summed E-state index contributed by atoms with van der Waals surface area (Å²) in [4.78, 5) is 2.46. The number of methoxy groups -OCH3 is 3. The summed E-state index contributed by atoms with van der Waals surface area (Å²) in [6.07, 6.45) is 4.27. The average molecular weight is 424 g/mol. The van der Waals surface area contributed by atoms with Gasteiger partial charge in [-0.2, -0.15) is 0 Å². The smallest absolute Gasteiger partial charge is 0.164 e. The van der Waals surface area contributed by atoms with E-state index in [0.29, 0.717) is 19.0 Å². The van der Waals surface area contributed by atoms with Crippen LogP contribution >= 0.6 is 0 Å². The van der Waals surface area contributed by atoms with Crippen LogP contribution in [0.3, 0.4) is 0 Å². The Morgan fingerprint density at radius 1 is 1.00 bits per heavy atom. The number of hydrogen-bond acceptors (Lipinski definition) is 7. The van der Waals surface area contributed by atoms with Crippen LogP contribution in [0.15, 0.2) is 12.1 Å². The van der Waals surface area contributed by atoms with Gasteiger partial charge in [-0.25, -0.2) is 0 Å². The Labute approximate surface area is 180 Å². The fraction of sp³-hybridized carbons (Fsp3) is 0.739. The summed E-state index contributed by atoms with van der Waals surface area (Å²) in [7, 11) is 4.99. The minimum atomic E-state index is -0.0489. The molecule has 1 spiro atoms. The fourth-order valence-electron chi connectivity index (χ4n) is 4.47. The zero-order chi connectivity index (χ0) is 21.4. The third-order valence-electron chi connectivity index (χ3n) is 6.18. The summed E-state index contributed by atoms with van der Waals surface area (Å²) in [6, 6.07) is 3.91. The molecule has 2 fully saturated rings. The number of likely N-dealkylation sites (tertiary alicyclic amines) is 1. The highest BCUT2D eigenvalue weighted by Gasteiger charge is 2.40. The van der Waals surface area contributed by atoms with Gasteiger partial charge in [-0.3, -0.25) is 4.90 Å². The lowest BCUT2D eigenvalue weighted by Gasteiger charge is -2.46. The van der Waals surface area contributed by atoms with E-state index in [-0.39, 0.29) is 11.7 Å². The van der Waals surface area contributed by atoms with Crippen molar-refractivity contribution in [3.63, 3.8) is 0 Å². The van der Waals surface area contributed by atoms with E-state index in [1.54, 1.807) is 21.3 Å². The van der Waals surface area contributed by atoms with Gasteiger partial charge in [0.15, 0.2) is 11.5 Å². The molecule has 0 saturated carbocycles. The molecule has 1 aromatic rings. The molecule has 3 rings (SSSR count). The van der Waals surface area contributed by atoms with Crippen molar-refractivity contribution in [2.45, 2.75) is 50.9 Å². The van der Waals surface area contributed by atoms with Gasteiger partial charge in [-0.05, 0) is 32.3 Å². The molecule has 30 heavy (non-hydrogen) atoms. The maximum atomic E-state index is 6.28. The molecule has 170 valence electrons. The quantitative estimate of drug-likeness (QED) is 0.535. The van der Waals surface area contributed by atoms with E-state index >= 15 is 0 Å². The van der Waals surface area contributed by atoms with E-state index in [0.717, 1.165) is 75.6 Å². The van der Waals surface area contributed by atoms with Gasteiger partial charge in [-0.15, -0.1) is 0 Å². The van der Waals surface area contributed by atoms with Crippen molar-refractivity contribution in [1.82, 2.24) is 4.90 Å². The van der Waals surface area contributed by atoms with Crippen molar-refractivity contribution in [1.29, 1.82) is 0 Å². The highest BCUT2D eigenvalue weighted by molar-refractivity contribution is 5.50. The number of benzene rings is 1. The molecule has 2 aliphatic rings. The van der Waals surface area contributed by atoms with E-state index in [2.05, 4.69) is 4.90 Å². The molecule has 2 heterocycles. The first-order valence-electron chi connectivity index (χ1n) is 11.0. The molecular formula is C23H37NO6. The number of rotatable bonds is 10. The highest BCUT2D eigenvalue weighted by Crippen LogP contribution is 2.38. The van der Waals surface area contributed by atoms with Gasteiger partial charge in [0.25, 0.3) is 0 Å². The van der Waals surface area contributed by atoms with Crippen molar-refractivity contribution in [2.75, 3.05) is 60.8 Å². The van der Waals surface area contributed by atoms with Gasteiger partial charge in [0, 0.05) is 50.9 Å². The Kier molecular flexibility index (Phi) is 8.62. The average Bonchev–Trinajstić information content (AvgIpc) is 2.78. The highest BCUT2D eigenvalue weighted by atomic mass is 16.5. The Morgan fingerprint density at radius 3 is 2.37 bits per heavy atom. The van der Waals surface area contributed by atoms with E-state index < -0.39 is 0 Å². The zero-order valence-electron chi connectivity index (χ0n) is 18.9. The Morgan fingerprint density at radius 2 is 1.70 bits per heavy atom. The van der Waals surface area contributed by atoms with Crippen LogP contribution < -0.4 is 14.2 Å². The summed E-state index contributed by atoms with van der Waals surface area (Å²) in [5, 5.41) is 0. The molecule has 2 saturated heterocycles. The lowest BCUT2D eigenvalue weighted by molar-refractivity contribution is -0.158. The first-order chi connectivity index (χ1) is 14.6. The Bertz CT molecular complexity index is 659. The molecule has 0 amide bonds. The van der Waals surface area contributed by atoms with Crippen LogP contribution in [-0.4, -0.2) is 77.5 Å². The summed E-state index contributed by atoms with van der Waals surface area (Å²) in [5.74, 6) is 2.23. The zero-order valence-corrected chi connectivity index (χ0v) is 18.9. The van der Waals surface area contributed by atoms with Crippen molar-refractivity contribution >= 4 is 0 Å². The molecule has 0 bridgehead atoms. The van der Waals surface area contributed by atoms with Gasteiger partial charge >= 0.3 is 0 Å². The molecule has 1 atom stereocenters. The number of piperidine rings is 1. The van der Waals surface area contributed by atoms with Gasteiger partial charge in [0.1, 0.15) is 5.75 Å². The van der Waals surface area contributed by atoms with Crippen LogP contribution in [-0.2, 0) is 20.8 Å². The van der Waals surface area contributed by atoms with Gasteiger partial charge in [0.2, 0.25) is 0 Å². The second-order valence-corrected chi connectivity index (χ2v) is 8.01. The Hall–Kier alpha value is -1.54. The third-order valence-corrected chi connectivity index (χ3v) is 6.18. The summed E-state index contributed by atoms with van der Waals surface area (Å²) in [6.45, 7) is 7.65. The van der Waals surface area contributed by atoms with E-state index in [1.807, 2.05) is 19.1 Å². The number of nitrogens with zero attached hydrogens (tertiary/aromatic N) is 1. The van der Waals surface area contributed by atoms with Crippen LogP contribution in [0.4, 0.5) is 0 Å². The maximum Gasteiger partial charge on any atom is 0.164 e. The second kappa shape index (κ2) is 11.2. The lowest BCUT2D eigenvalue weighted by atomic mass is 9.83. The first-order valence-corrected chi connectivity index (χ1v) is 11.0. The van der Waals surface area contributed by atoms with Crippen molar-refractivity contribution < 1.29 is 28.4 Å². The molecule has 1 aromatic carbocycles. The number of hydrogen-bond donors (Lipinski definition) is 0. The predicted octanol–water partition coefficient (Wildman–Crippen LogP) is 3.28. The van der Waals surface area contributed by atoms with Crippen LogP contribution in [0.2, 0.25) is 0 Å². The van der Waals surface area contributed by atoms with Crippen LogP contribution in [0.1, 0.15) is 38.2 Å². The molecular weight excluding hydrogens is 386 g/mol. The predicted molar refractivity (Wildman–Crippen MR) is 115 cm³/mol. The largest absolute Gasteiger partial charge is 0.496 e. The molecule has 7 heteroatoms. The molecule has 0 aromatic heterocycles. The normalized spacial score (nSPS) is 21.5. The molecule has 1 unspecified atom stereocenters. The minimum Gasteiger partial charge on any atom is -0.496 e. The van der Waals surface area contributed by atoms with Crippen LogP contribution in [0.5, 0.6) is 17.2 Å². The van der Waals surface area contributed by atoms with Gasteiger partial charge in [-0.1, -0.05) is 0 Å². The maximum absolute atomic E-state index is 6.28. The first kappa shape index (κ1) is 23.1. The summed E-state index contributed by atoms with van der Waals surface area (Å²) >= 11 is 0. The second-order valence-electron chi connectivity index (χ2n) is 8.01. The summed E-state index contributed by atoms with van der Waals surface area (Å²) in [5.41, 5.74) is 1.06. The topological polar surface area (TPSA) is 58.6 Å². The lowest BCUT2D eigenvalue weighted by Crippen LogP contribution is -2.50. The monoisotopic (exact) mass is 423 g/mol. The van der Waals surface area contributed by atoms with Crippen molar-refractivity contribution in [3.05, 3.63) is 17.7 Å². The van der Waals surface area contributed by atoms with Gasteiger partial charge < -0.3 is 28.4 Å². The molecule has 0 aliphatic carbocycles. The molecule has 7 nitrogen and oxygen atoms in total. The van der Waals surface area contributed by atoms with E-state index in [9.17, 15) is 0 Å². The van der Waals surface area contributed by atoms with Gasteiger partial charge in [0.05, 0.1) is 46.2 Å². The van der Waals surface area contributed by atoms with Crippen molar-refractivity contribution in [3.8, 4) is 17.2 Å². The number of ether oxygens (including phenoxy) is 6. The minimum absolute atomic E-state index is 0.0489.